The van der Waals surface area contributed by atoms with Gasteiger partial charge in [-0.05, 0) is 18.2 Å². The second kappa shape index (κ2) is 3.98. The summed E-state index contributed by atoms with van der Waals surface area (Å²) in [6, 6.07) is 4.76. The first-order chi connectivity index (χ1) is 7.63. The number of hydrogen-bond acceptors (Lipinski definition) is 2. The average molecular weight is 237 g/mol. The van der Waals surface area contributed by atoms with Gasteiger partial charge in [-0.2, -0.15) is 0 Å². The predicted octanol–water partition coefficient (Wildman–Crippen LogP) is 1.53. The first-order valence-corrected chi connectivity index (χ1v) is 5.04. The fourth-order valence-electron chi connectivity index (χ4n) is 1.52. The fourth-order valence-corrected chi connectivity index (χ4v) is 1.69. The molecule has 2 aromatic rings. The van der Waals surface area contributed by atoms with Gasteiger partial charge in [0, 0.05) is 11.6 Å². The van der Waals surface area contributed by atoms with Crippen molar-refractivity contribution in [3.05, 3.63) is 56.7 Å². The number of hydrogen-bond donors (Lipinski definition) is 1. The molecule has 0 fully saturated rings. The molecule has 0 atom stereocenters. The topological polar surface area (TPSA) is 54.9 Å². The van der Waals surface area contributed by atoms with Gasteiger partial charge in [0.15, 0.2) is 0 Å². The zero-order chi connectivity index (χ0) is 11.7. The molecule has 0 aliphatic carbocycles. The van der Waals surface area contributed by atoms with Crippen LogP contribution in [0.2, 0.25) is 5.02 Å². The van der Waals surface area contributed by atoms with Gasteiger partial charge in [0.25, 0.3) is 5.56 Å². The molecule has 1 N–H and O–H groups in total. The lowest BCUT2D eigenvalue weighted by atomic mass is 10.2. The zero-order valence-corrected chi connectivity index (χ0v) is 9.12. The quantitative estimate of drug-likeness (QED) is 0.804. The van der Waals surface area contributed by atoms with Crippen LogP contribution in [0.5, 0.6) is 0 Å². The van der Waals surface area contributed by atoms with E-state index < -0.39 is 5.69 Å². The van der Waals surface area contributed by atoms with Crippen LogP contribution in [-0.2, 0) is 6.54 Å². The Kier molecular flexibility index (Phi) is 2.66. The highest BCUT2D eigenvalue weighted by molar-refractivity contribution is 6.31. The number of rotatable bonds is 2. The van der Waals surface area contributed by atoms with E-state index in [-0.39, 0.29) is 12.1 Å². The van der Waals surface area contributed by atoms with Gasteiger partial charge in [0.1, 0.15) is 0 Å². The van der Waals surface area contributed by atoms with Crippen LogP contribution in [0.3, 0.4) is 0 Å². The number of nitrogens with zero attached hydrogens (tertiary/aromatic N) is 1. The van der Waals surface area contributed by atoms with Crippen molar-refractivity contribution in [2.45, 2.75) is 6.54 Å². The number of halogens is 1. The van der Waals surface area contributed by atoms with Gasteiger partial charge >= 0.3 is 5.69 Å². The van der Waals surface area contributed by atoms with Crippen molar-refractivity contribution in [1.82, 2.24) is 9.55 Å². The second-order valence-electron chi connectivity index (χ2n) is 3.32. The van der Waals surface area contributed by atoms with Crippen molar-refractivity contribution >= 4 is 22.5 Å². The van der Waals surface area contributed by atoms with Crippen molar-refractivity contribution in [2.75, 3.05) is 0 Å². The molecule has 0 amide bonds. The van der Waals surface area contributed by atoms with E-state index in [4.69, 9.17) is 11.6 Å². The molecule has 1 heterocycles. The molecule has 1 aromatic heterocycles. The van der Waals surface area contributed by atoms with Crippen molar-refractivity contribution in [3.63, 3.8) is 0 Å². The zero-order valence-electron chi connectivity index (χ0n) is 8.37. The molecule has 0 aliphatic heterocycles. The summed E-state index contributed by atoms with van der Waals surface area (Å²) < 4.78 is 1.09. The minimum Gasteiger partial charge on any atom is -0.307 e. The Balaban J connectivity index is 2.89. The summed E-state index contributed by atoms with van der Waals surface area (Å²) in [5.41, 5.74) is -0.349. The fraction of sp³-hybridized carbons (Fsp3) is 0.0909. The monoisotopic (exact) mass is 236 g/mol. The van der Waals surface area contributed by atoms with Crippen LogP contribution in [-0.4, -0.2) is 9.55 Å². The van der Waals surface area contributed by atoms with E-state index in [1.165, 1.54) is 6.08 Å². The van der Waals surface area contributed by atoms with Crippen LogP contribution < -0.4 is 11.2 Å². The molecule has 4 nitrogen and oxygen atoms in total. The molecule has 0 saturated carbocycles. The normalized spacial score (nSPS) is 10.6. The van der Waals surface area contributed by atoms with Gasteiger partial charge in [0.05, 0.1) is 10.9 Å². The molecular weight excluding hydrogens is 228 g/mol. The molecule has 5 heteroatoms. The van der Waals surface area contributed by atoms with E-state index in [1.807, 2.05) is 0 Å². The molecule has 1 aromatic carbocycles. The molecule has 2 rings (SSSR count). The first-order valence-electron chi connectivity index (χ1n) is 4.67. The second-order valence-corrected chi connectivity index (χ2v) is 3.76. The Labute approximate surface area is 95.8 Å². The van der Waals surface area contributed by atoms with Crippen LogP contribution in [0.25, 0.3) is 10.9 Å². The molecular formula is C11H9ClN2O2. The van der Waals surface area contributed by atoms with Gasteiger partial charge in [-0.25, -0.2) is 4.79 Å². The van der Waals surface area contributed by atoms with E-state index in [2.05, 4.69) is 11.6 Å². The van der Waals surface area contributed by atoms with Crippen molar-refractivity contribution in [2.24, 2.45) is 0 Å². The van der Waals surface area contributed by atoms with Crippen LogP contribution in [0, 0.1) is 0 Å². The van der Waals surface area contributed by atoms with Gasteiger partial charge in [-0.15, -0.1) is 6.58 Å². The van der Waals surface area contributed by atoms with Crippen LogP contribution in [0.1, 0.15) is 0 Å². The molecule has 0 spiro atoms. The smallest absolute Gasteiger partial charge is 0.307 e. The van der Waals surface area contributed by atoms with Gasteiger partial charge in [0.2, 0.25) is 0 Å². The Morgan fingerprint density at radius 1 is 1.44 bits per heavy atom. The maximum Gasteiger partial charge on any atom is 0.329 e. The van der Waals surface area contributed by atoms with Crippen molar-refractivity contribution < 1.29 is 0 Å². The lowest BCUT2D eigenvalue weighted by Gasteiger charge is -2.03. The Hall–Kier alpha value is -1.81. The average Bonchev–Trinajstić information content (AvgIpc) is 2.23. The lowest BCUT2D eigenvalue weighted by Crippen LogP contribution is -2.34. The maximum atomic E-state index is 11.9. The third-order valence-corrected chi connectivity index (χ3v) is 2.49. The number of aromatic amines is 1. The molecule has 0 bridgehead atoms. The minimum atomic E-state index is -0.459. The number of fused-ring (bicyclic) bond motifs is 1. The molecule has 0 radical (unpaired) electrons. The molecule has 0 saturated heterocycles. The highest BCUT2D eigenvalue weighted by Gasteiger charge is 2.06. The third kappa shape index (κ3) is 1.67. The molecule has 16 heavy (non-hydrogen) atoms. The highest BCUT2D eigenvalue weighted by atomic mass is 35.5. The summed E-state index contributed by atoms with van der Waals surface area (Å²) >= 11 is 5.78. The van der Waals surface area contributed by atoms with Crippen LogP contribution >= 0.6 is 11.6 Å². The summed E-state index contributed by atoms with van der Waals surface area (Å²) in [6.45, 7) is 3.69. The van der Waals surface area contributed by atoms with Gasteiger partial charge in [-0.3, -0.25) is 9.36 Å². The third-order valence-electron chi connectivity index (χ3n) is 2.26. The highest BCUT2D eigenvalue weighted by Crippen LogP contribution is 2.13. The van der Waals surface area contributed by atoms with Gasteiger partial charge in [-0.1, -0.05) is 17.7 Å². The van der Waals surface area contributed by atoms with Crippen molar-refractivity contribution in [3.8, 4) is 0 Å². The predicted molar refractivity (Wildman–Crippen MR) is 64.0 cm³/mol. The number of nitrogens with one attached hydrogen (secondary N) is 1. The SMILES string of the molecule is C=CCn1c(=O)[nH]c2cc(Cl)ccc2c1=O. The number of H-pyrrole nitrogens is 1. The molecule has 0 unspecified atom stereocenters. The van der Waals surface area contributed by atoms with E-state index >= 15 is 0 Å². The van der Waals surface area contributed by atoms with E-state index in [9.17, 15) is 9.59 Å². The van der Waals surface area contributed by atoms with E-state index in [0.29, 0.717) is 15.9 Å². The summed E-state index contributed by atoms with van der Waals surface area (Å²) in [6.07, 6.45) is 1.50. The Morgan fingerprint density at radius 3 is 2.88 bits per heavy atom. The lowest BCUT2D eigenvalue weighted by molar-refractivity contribution is 0.728. The Bertz CT molecular complexity index is 670. The molecule has 0 aliphatic rings. The van der Waals surface area contributed by atoms with E-state index in [1.54, 1.807) is 18.2 Å². The summed E-state index contributed by atoms with van der Waals surface area (Å²) in [4.78, 5) is 26.1. The van der Waals surface area contributed by atoms with Crippen LogP contribution in [0.4, 0.5) is 0 Å². The first kappa shape index (κ1) is 10.7. The molecule has 82 valence electrons. The number of allylic oxidation sites excluding steroid dienone is 1. The maximum absolute atomic E-state index is 11.9. The number of benzene rings is 1. The van der Waals surface area contributed by atoms with Gasteiger partial charge < -0.3 is 4.98 Å². The summed E-state index contributed by atoms with van der Waals surface area (Å²) in [7, 11) is 0. The summed E-state index contributed by atoms with van der Waals surface area (Å²) in [5, 5.41) is 0.912. The largest absolute Gasteiger partial charge is 0.329 e. The Morgan fingerprint density at radius 2 is 2.19 bits per heavy atom. The van der Waals surface area contributed by atoms with Crippen molar-refractivity contribution in [1.29, 1.82) is 0 Å². The number of aromatic nitrogens is 2. The summed E-state index contributed by atoms with van der Waals surface area (Å²) in [5.74, 6) is 0. The van der Waals surface area contributed by atoms with Crippen LogP contribution in [0.15, 0.2) is 40.4 Å². The minimum absolute atomic E-state index is 0.187. The van der Waals surface area contributed by atoms with E-state index in [0.717, 1.165) is 4.57 Å². The standard InChI is InChI=1S/C11H9ClN2O2/c1-2-5-14-10(15)8-4-3-7(12)6-9(8)13-11(14)16/h2-4,6H,1,5H2,(H,13,16).